The van der Waals surface area contributed by atoms with Crippen molar-refractivity contribution in [3.8, 4) is 0 Å². The minimum atomic E-state index is -0.878. The van der Waals surface area contributed by atoms with E-state index >= 15 is 0 Å². The summed E-state index contributed by atoms with van der Waals surface area (Å²) in [5, 5.41) is 23.9. The number of nitrogens with zero attached hydrogens (tertiary/aromatic N) is 1. The number of amides is 1. The fourth-order valence-corrected chi connectivity index (χ4v) is 2.87. The molecule has 0 spiro atoms. The number of rotatable bonds is 5. The molecule has 0 aliphatic heterocycles. The highest BCUT2D eigenvalue weighted by molar-refractivity contribution is 7.14. The quantitative estimate of drug-likeness (QED) is 0.646. The van der Waals surface area contributed by atoms with Crippen LogP contribution in [0.1, 0.15) is 26.2 Å². The Balaban J connectivity index is 1.99. The number of hydrogen-bond donors (Lipinski definition) is 2. The minimum Gasteiger partial charge on any atom is -0.387 e. The molecule has 1 heterocycles. The molecule has 1 amide bonds. The second-order valence-corrected chi connectivity index (χ2v) is 6.28. The number of benzene rings is 1. The molecule has 116 valence electrons. The van der Waals surface area contributed by atoms with Gasteiger partial charge in [0.25, 0.3) is 11.6 Å². The summed E-state index contributed by atoms with van der Waals surface area (Å²) in [4.78, 5) is 22.9. The van der Waals surface area contributed by atoms with Crippen molar-refractivity contribution in [3.63, 3.8) is 0 Å². The standard InChI is InChI=1S/C14H13ClN2O4S/c1-8-11(17(20)21)6-13(22-8)14(19)16-7-12(18)9-2-4-10(15)5-3-9/h2-6,12,18H,7H2,1H3,(H,16,19). The lowest BCUT2D eigenvalue weighted by atomic mass is 10.1. The summed E-state index contributed by atoms with van der Waals surface area (Å²) < 4.78 is 0. The molecule has 1 aromatic heterocycles. The molecular formula is C14H13ClN2O4S. The third kappa shape index (κ3) is 3.82. The summed E-state index contributed by atoms with van der Waals surface area (Å²) in [6.07, 6.45) is -0.878. The molecule has 22 heavy (non-hydrogen) atoms. The van der Waals surface area contributed by atoms with Gasteiger partial charge in [-0.15, -0.1) is 11.3 Å². The SMILES string of the molecule is Cc1sc(C(=O)NCC(O)c2ccc(Cl)cc2)cc1[N+](=O)[O-]. The van der Waals surface area contributed by atoms with Gasteiger partial charge in [-0.3, -0.25) is 14.9 Å². The molecule has 2 aromatic rings. The summed E-state index contributed by atoms with van der Waals surface area (Å²) in [5.41, 5.74) is 0.548. The van der Waals surface area contributed by atoms with Gasteiger partial charge in [0.2, 0.25) is 0 Å². The number of aliphatic hydroxyl groups is 1. The van der Waals surface area contributed by atoms with E-state index in [1.54, 1.807) is 31.2 Å². The number of nitrogens with one attached hydrogen (secondary N) is 1. The maximum absolute atomic E-state index is 12.0. The van der Waals surface area contributed by atoms with Crippen molar-refractivity contribution < 1.29 is 14.8 Å². The van der Waals surface area contributed by atoms with E-state index in [0.717, 1.165) is 11.3 Å². The van der Waals surface area contributed by atoms with Crippen LogP contribution in [0.3, 0.4) is 0 Å². The van der Waals surface area contributed by atoms with Gasteiger partial charge in [0, 0.05) is 17.6 Å². The lowest BCUT2D eigenvalue weighted by Gasteiger charge is -2.11. The molecule has 0 fully saturated rings. The first-order valence-electron chi connectivity index (χ1n) is 6.35. The molecular weight excluding hydrogens is 328 g/mol. The molecule has 0 bridgehead atoms. The number of carbonyl (C=O) groups is 1. The van der Waals surface area contributed by atoms with Gasteiger partial charge < -0.3 is 10.4 Å². The van der Waals surface area contributed by atoms with Crippen LogP contribution in [0, 0.1) is 17.0 Å². The molecule has 8 heteroatoms. The van der Waals surface area contributed by atoms with E-state index in [1.807, 2.05) is 0 Å². The zero-order valence-electron chi connectivity index (χ0n) is 11.6. The van der Waals surface area contributed by atoms with Crippen molar-refractivity contribution in [2.45, 2.75) is 13.0 Å². The Morgan fingerprint density at radius 1 is 1.45 bits per heavy atom. The highest BCUT2D eigenvalue weighted by Crippen LogP contribution is 2.28. The summed E-state index contributed by atoms with van der Waals surface area (Å²) in [5.74, 6) is -0.450. The second kappa shape index (κ2) is 6.87. The average molecular weight is 341 g/mol. The van der Waals surface area contributed by atoms with Crippen LogP contribution in [0.5, 0.6) is 0 Å². The van der Waals surface area contributed by atoms with Gasteiger partial charge in [0.1, 0.15) is 0 Å². The number of thiophene rings is 1. The van der Waals surface area contributed by atoms with Crippen LogP contribution in [-0.2, 0) is 0 Å². The monoisotopic (exact) mass is 340 g/mol. The van der Waals surface area contributed by atoms with Crippen LogP contribution in [-0.4, -0.2) is 22.5 Å². The predicted molar refractivity (Wildman–Crippen MR) is 84.5 cm³/mol. The Morgan fingerprint density at radius 3 is 2.64 bits per heavy atom. The fraction of sp³-hybridized carbons (Fsp3) is 0.214. The largest absolute Gasteiger partial charge is 0.387 e. The zero-order chi connectivity index (χ0) is 16.3. The molecule has 2 rings (SSSR count). The lowest BCUT2D eigenvalue weighted by molar-refractivity contribution is -0.385. The number of nitro groups is 1. The van der Waals surface area contributed by atoms with Crippen molar-refractivity contribution in [1.82, 2.24) is 5.32 Å². The molecule has 1 aromatic carbocycles. The van der Waals surface area contributed by atoms with Gasteiger partial charge in [-0.05, 0) is 24.6 Å². The number of carbonyl (C=O) groups excluding carboxylic acids is 1. The molecule has 6 nitrogen and oxygen atoms in total. The topological polar surface area (TPSA) is 92.5 Å². The molecule has 1 unspecified atom stereocenters. The first-order valence-corrected chi connectivity index (χ1v) is 7.54. The Bertz CT molecular complexity index is 699. The normalized spacial score (nSPS) is 12.0. The highest BCUT2D eigenvalue weighted by atomic mass is 35.5. The van der Waals surface area contributed by atoms with Crippen LogP contribution >= 0.6 is 22.9 Å². The summed E-state index contributed by atoms with van der Waals surface area (Å²) in [6.45, 7) is 1.59. The molecule has 1 atom stereocenters. The Labute approximate surface area is 135 Å². The predicted octanol–water partition coefficient (Wildman–Crippen LogP) is 3.08. The van der Waals surface area contributed by atoms with Gasteiger partial charge in [0.15, 0.2) is 0 Å². The van der Waals surface area contributed by atoms with Crippen LogP contribution < -0.4 is 5.32 Å². The summed E-state index contributed by atoms with van der Waals surface area (Å²) >= 11 is 6.81. The number of aryl methyl sites for hydroxylation is 1. The summed E-state index contributed by atoms with van der Waals surface area (Å²) in [7, 11) is 0. The third-order valence-electron chi connectivity index (χ3n) is 3.02. The van der Waals surface area contributed by atoms with Crippen LogP contribution in [0.4, 0.5) is 5.69 Å². The Kier molecular flexibility index (Phi) is 5.12. The number of halogens is 1. The maximum atomic E-state index is 12.0. The van der Waals surface area contributed by atoms with Gasteiger partial charge >= 0.3 is 0 Å². The van der Waals surface area contributed by atoms with Crippen molar-refractivity contribution in [1.29, 1.82) is 0 Å². The first-order chi connectivity index (χ1) is 10.4. The molecule has 0 radical (unpaired) electrons. The maximum Gasteiger partial charge on any atom is 0.283 e. The first kappa shape index (κ1) is 16.4. The van der Waals surface area contributed by atoms with Crippen molar-refractivity contribution >= 4 is 34.5 Å². The van der Waals surface area contributed by atoms with Gasteiger partial charge in [-0.2, -0.15) is 0 Å². The van der Waals surface area contributed by atoms with Crippen LogP contribution in [0.25, 0.3) is 0 Å². The van der Waals surface area contributed by atoms with E-state index in [9.17, 15) is 20.0 Å². The van der Waals surface area contributed by atoms with Crippen LogP contribution in [0.2, 0.25) is 5.02 Å². The van der Waals surface area contributed by atoms with E-state index in [0.29, 0.717) is 15.5 Å². The Hall–Kier alpha value is -1.96. The van der Waals surface area contributed by atoms with Gasteiger partial charge in [-0.25, -0.2) is 0 Å². The van der Waals surface area contributed by atoms with Crippen LogP contribution in [0.15, 0.2) is 30.3 Å². The lowest BCUT2D eigenvalue weighted by Crippen LogP contribution is -2.27. The third-order valence-corrected chi connectivity index (χ3v) is 4.31. The molecule has 2 N–H and O–H groups in total. The van der Waals surface area contributed by atoms with E-state index in [2.05, 4.69) is 5.32 Å². The zero-order valence-corrected chi connectivity index (χ0v) is 13.1. The smallest absolute Gasteiger partial charge is 0.283 e. The van der Waals surface area contributed by atoms with Crippen molar-refractivity contribution in [2.75, 3.05) is 6.54 Å². The minimum absolute atomic E-state index is 0.00517. The fourth-order valence-electron chi connectivity index (χ4n) is 1.84. The number of hydrogen-bond acceptors (Lipinski definition) is 5. The number of aliphatic hydroxyl groups excluding tert-OH is 1. The van der Waals surface area contributed by atoms with Crippen molar-refractivity contribution in [2.24, 2.45) is 0 Å². The van der Waals surface area contributed by atoms with E-state index < -0.39 is 16.9 Å². The molecule has 0 saturated carbocycles. The van der Waals surface area contributed by atoms with E-state index in [-0.39, 0.29) is 17.1 Å². The Morgan fingerprint density at radius 2 is 2.09 bits per heavy atom. The highest BCUT2D eigenvalue weighted by Gasteiger charge is 2.20. The van der Waals surface area contributed by atoms with Gasteiger partial charge in [0.05, 0.1) is 20.8 Å². The molecule has 0 aliphatic rings. The molecule has 0 aliphatic carbocycles. The average Bonchev–Trinajstić information content (AvgIpc) is 2.87. The van der Waals surface area contributed by atoms with E-state index in [1.165, 1.54) is 6.07 Å². The van der Waals surface area contributed by atoms with Crippen molar-refractivity contribution in [3.05, 3.63) is 60.8 Å². The van der Waals surface area contributed by atoms with Gasteiger partial charge in [-0.1, -0.05) is 23.7 Å². The second-order valence-electron chi connectivity index (χ2n) is 4.59. The summed E-state index contributed by atoms with van der Waals surface area (Å²) in [6, 6.07) is 7.87. The van der Waals surface area contributed by atoms with E-state index in [4.69, 9.17) is 11.6 Å². The molecule has 0 saturated heterocycles.